The van der Waals surface area contributed by atoms with E-state index in [2.05, 4.69) is 14.9 Å². The van der Waals surface area contributed by atoms with Crippen LogP contribution in [0.15, 0.2) is 0 Å². The molecule has 1 aliphatic heterocycles. The van der Waals surface area contributed by atoms with Gasteiger partial charge in [0, 0.05) is 18.7 Å². The van der Waals surface area contributed by atoms with Gasteiger partial charge in [-0.3, -0.25) is 0 Å². The maximum absolute atomic E-state index is 9.54. The third-order valence-corrected chi connectivity index (χ3v) is 3.82. The van der Waals surface area contributed by atoms with Crippen molar-refractivity contribution in [1.29, 1.82) is 0 Å². The molecule has 1 aromatic heterocycles. The molecule has 17 heavy (non-hydrogen) atoms. The maximum atomic E-state index is 9.54. The quantitative estimate of drug-likeness (QED) is 0.772. The Hall–Kier alpha value is -0.870. The zero-order valence-electron chi connectivity index (χ0n) is 9.69. The molecule has 2 heterocycles. The van der Waals surface area contributed by atoms with Crippen molar-refractivity contribution in [1.82, 2.24) is 9.97 Å². The van der Waals surface area contributed by atoms with E-state index >= 15 is 0 Å². The van der Waals surface area contributed by atoms with Crippen LogP contribution in [0, 0.1) is 0 Å². The van der Waals surface area contributed by atoms with Crippen molar-refractivity contribution < 1.29 is 5.11 Å². The predicted octanol–water partition coefficient (Wildman–Crippen LogP) is 1.58. The Bertz CT molecular complexity index is 430. The SMILES string of the molecule is OC1CCN(c2nc(Cl)nc3c2CCC3)CC1. The summed E-state index contributed by atoms with van der Waals surface area (Å²) in [5.41, 5.74) is 2.39. The Kier molecular flexibility index (Phi) is 2.92. The molecule has 92 valence electrons. The minimum absolute atomic E-state index is 0.156. The number of halogens is 1. The molecule has 1 saturated heterocycles. The van der Waals surface area contributed by atoms with Gasteiger partial charge in [0.05, 0.1) is 11.8 Å². The number of hydrogen-bond donors (Lipinski definition) is 1. The number of aliphatic hydroxyl groups excluding tert-OH is 1. The van der Waals surface area contributed by atoms with E-state index in [1.165, 1.54) is 5.56 Å². The molecule has 0 radical (unpaired) electrons. The highest BCUT2D eigenvalue weighted by Crippen LogP contribution is 2.31. The van der Waals surface area contributed by atoms with Gasteiger partial charge in [-0.05, 0) is 43.7 Å². The van der Waals surface area contributed by atoms with E-state index in [0.29, 0.717) is 5.28 Å². The van der Waals surface area contributed by atoms with Crippen LogP contribution in [0.5, 0.6) is 0 Å². The second-order valence-electron chi connectivity index (χ2n) is 4.81. The van der Waals surface area contributed by atoms with Gasteiger partial charge in [0.25, 0.3) is 0 Å². The van der Waals surface area contributed by atoms with E-state index in [1.807, 2.05) is 0 Å². The minimum atomic E-state index is -0.156. The second kappa shape index (κ2) is 4.42. The van der Waals surface area contributed by atoms with E-state index in [1.54, 1.807) is 0 Å². The molecule has 2 aliphatic rings. The highest BCUT2D eigenvalue weighted by molar-refractivity contribution is 6.28. The predicted molar refractivity (Wildman–Crippen MR) is 66.5 cm³/mol. The van der Waals surface area contributed by atoms with Gasteiger partial charge in [-0.15, -0.1) is 0 Å². The summed E-state index contributed by atoms with van der Waals surface area (Å²) in [7, 11) is 0. The summed E-state index contributed by atoms with van der Waals surface area (Å²) < 4.78 is 0. The van der Waals surface area contributed by atoms with Crippen LogP contribution in [0.3, 0.4) is 0 Å². The molecular formula is C12H16ClN3O. The summed E-state index contributed by atoms with van der Waals surface area (Å²) in [4.78, 5) is 10.9. The lowest BCUT2D eigenvalue weighted by Crippen LogP contribution is -2.37. The number of fused-ring (bicyclic) bond motifs is 1. The second-order valence-corrected chi connectivity index (χ2v) is 5.15. The number of hydrogen-bond acceptors (Lipinski definition) is 4. The molecule has 1 aliphatic carbocycles. The molecular weight excluding hydrogens is 238 g/mol. The molecule has 0 aromatic carbocycles. The Labute approximate surface area is 106 Å². The highest BCUT2D eigenvalue weighted by atomic mass is 35.5. The van der Waals surface area contributed by atoms with Crippen LogP contribution in [-0.2, 0) is 12.8 Å². The molecule has 1 N–H and O–H groups in total. The smallest absolute Gasteiger partial charge is 0.224 e. The molecule has 1 aromatic rings. The number of rotatable bonds is 1. The number of nitrogens with zero attached hydrogens (tertiary/aromatic N) is 3. The number of aliphatic hydroxyl groups is 1. The van der Waals surface area contributed by atoms with Crippen LogP contribution in [0.25, 0.3) is 0 Å². The fraction of sp³-hybridized carbons (Fsp3) is 0.667. The molecule has 5 heteroatoms. The van der Waals surface area contributed by atoms with Crippen LogP contribution >= 0.6 is 11.6 Å². The zero-order valence-corrected chi connectivity index (χ0v) is 10.4. The van der Waals surface area contributed by atoms with Crippen molar-refractivity contribution >= 4 is 17.4 Å². The van der Waals surface area contributed by atoms with Crippen LogP contribution in [0.2, 0.25) is 5.28 Å². The van der Waals surface area contributed by atoms with E-state index < -0.39 is 0 Å². The van der Waals surface area contributed by atoms with Gasteiger partial charge >= 0.3 is 0 Å². The maximum Gasteiger partial charge on any atom is 0.224 e. The van der Waals surface area contributed by atoms with Gasteiger partial charge in [-0.1, -0.05) is 0 Å². The van der Waals surface area contributed by atoms with Gasteiger partial charge < -0.3 is 10.0 Å². The first-order valence-electron chi connectivity index (χ1n) is 6.22. The Balaban J connectivity index is 1.92. The first kappa shape index (κ1) is 11.2. The van der Waals surface area contributed by atoms with Crippen LogP contribution in [0.1, 0.15) is 30.5 Å². The van der Waals surface area contributed by atoms with Crippen LogP contribution < -0.4 is 4.90 Å². The standard InChI is InChI=1S/C12H16ClN3O/c13-12-14-10-3-1-2-9(10)11(15-12)16-6-4-8(17)5-7-16/h8,17H,1-7H2. The Morgan fingerprint density at radius 1 is 1.18 bits per heavy atom. The largest absolute Gasteiger partial charge is 0.393 e. The van der Waals surface area contributed by atoms with Gasteiger partial charge in [0.1, 0.15) is 5.82 Å². The van der Waals surface area contributed by atoms with Crippen LogP contribution in [0.4, 0.5) is 5.82 Å². The van der Waals surface area contributed by atoms with Crippen molar-refractivity contribution in [2.24, 2.45) is 0 Å². The minimum Gasteiger partial charge on any atom is -0.393 e. The fourth-order valence-electron chi connectivity index (χ4n) is 2.72. The number of piperidine rings is 1. The summed E-state index contributed by atoms with van der Waals surface area (Å²) in [5.74, 6) is 1.00. The third-order valence-electron chi connectivity index (χ3n) is 3.65. The van der Waals surface area contributed by atoms with Crippen LogP contribution in [-0.4, -0.2) is 34.3 Å². The molecule has 4 nitrogen and oxygen atoms in total. The summed E-state index contributed by atoms with van der Waals surface area (Å²) >= 11 is 5.98. The van der Waals surface area contributed by atoms with E-state index in [-0.39, 0.29) is 6.10 Å². The van der Waals surface area contributed by atoms with Crippen molar-refractivity contribution in [3.05, 3.63) is 16.5 Å². The van der Waals surface area contributed by atoms with E-state index in [9.17, 15) is 5.11 Å². The molecule has 0 amide bonds. The average molecular weight is 254 g/mol. The Morgan fingerprint density at radius 2 is 1.94 bits per heavy atom. The van der Waals surface area contributed by atoms with Gasteiger partial charge in [-0.25, -0.2) is 9.97 Å². The molecule has 0 bridgehead atoms. The van der Waals surface area contributed by atoms with Crippen molar-refractivity contribution in [2.45, 2.75) is 38.2 Å². The van der Waals surface area contributed by atoms with E-state index in [4.69, 9.17) is 11.6 Å². The fourth-order valence-corrected chi connectivity index (χ4v) is 2.90. The van der Waals surface area contributed by atoms with Crippen molar-refractivity contribution in [3.8, 4) is 0 Å². The molecule has 0 atom stereocenters. The first-order chi connectivity index (χ1) is 8.24. The topological polar surface area (TPSA) is 49.2 Å². The van der Waals surface area contributed by atoms with Crippen molar-refractivity contribution in [3.63, 3.8) is 0 Å². The number of anilines is 1. The monoisotopic (exact) mass is 253 g/mol. The Morgan fingerprint density at radius 3 is 2.71 bits per heavy atom. The lowest BCUT2D eigenvalue weighted by molar-refractivity contribution is 0.145. The molecule has 0 saturated carbocycles. The summed E-state index contributed by atoms with van der Waals surface area (Å²) in [6.07, 6.45) is 4.69. The number of aryl methyl sites for hydroxylation is 1. The van der Waals surface area contributed by atoms with Gasteiger partial charge in [-0.2, -0.15) is 0 Å². The zero-order chi connectivity index (χ0) is 11.8. The average Bonchev–Trinajstić information content (AvgIpc) is 2.77. The van der Waals surface area contributed by atoms with E-state index in [0.717, 1.165) is 56.7 Å². The highest BCUT2D eigenvalue weighted by Gasteiger charge is 2.25. The summed E-state index contributed by atoms with van der Waals surface area (Å²) in [6, 6.07) is 0. The molecule has 0 unspecified atom stereocenters. The molecule has 3 rings (SSSR count). The van der Waals surface area contributed by atoms with Gasteiger partial charge in [0.15, 0.2) is 0 Å². The summed E-state index contributed by atoms with van der Waals surface area (Å²) in [5, 5.41) is 9.89. The first-order valence-corrected chi connectivity index (χ1v) is 6.60. The molecule has 1 fully saturated rings. The molecule has 0 spiro atoms. The normalized spacial score (nSPS) is 20.7. The number of aromatic nitrogens is 2. The third kappa shape index (κ3) is 2.11. The van der Waals surface area contributed by atoms with Crippen molar-refractivity contribution in [2.75, 3.05) is 18.0 Å². The lowest BCUT2D eigenvalue weighted by atomic mass is 10.1. The summed E-state index contributed by atoms with van der Waals surface area (Å²) in [6.45, 7) is 1.72. The lowest BCUT2D eigenvalue weighted by Gasteiger charge is -2.31. The van der Waals surface area contributed by atoms with Gasteiger partial charge in [0.2, 0.25) is 5.28 Å².